The topological polar surface area (TPSA) is 53.5 Å². The van der Waals surface area contributed by atoms with Crippen LogP contribution in [0.25, 0.3) is 6.08 Å². The fourth-order valence-electron chi connectivity index (χ4n) is 3.18. The van der Waals surface area contributed by atoms with Crippen molar-refractivity contribution in [3.8, 4) is 0 Å². The normalized spacial score (nSPS) is 11.0. The van der Waals surface area contributed by atoms with Crippen LogP contribution in [-0.4, -0.2) is 16.8 Å². The highest BCUT2D eigenvalue weighted by atomic mass is 32.1. The Morgan fingerprint density at radius 2 is 1.73 bits per heavy atom. The van der Waals surface area contributed by atoms with Gasteiger partial charge in [-0.15, -0.1) is 22.7 Å². The number of benzene rings is 2. The summed E-state index contributed by atoms with van der Waals surface area (Å²) >= 11 is 2.87. The fraction of sp³-hybridized carbons (Fsp3) is 0.0800. The molecule has 0 atom stereocenters. The van der Waals surface area contributed by atoms with Crippen molar-refractivity contribution < 1.29 is 14.0 Å². The van der Waals surface area contributed by atoms with E-state index in [2.05, 4.69) is 4.98 Å². The summed E-state index contributed by atoms with van der Waals surface area (Å²) in [5.74, 6) is -0.766. The van der Waals surface area contributed by atoms with Gasteiger partial charge in [0.2, 0.25) is 5.91 Å². The van der Waals surface area contributed by atoms with Gasteiger partial charge < -0.3 is 4.90 Å². The molecule has 2 aromatic carbocycles. The molecule has 2 aromatic heterocycles. The fourth-order valence-corrected chi connectivity index (χ4v) is 4.73. The predicted octanol–water partition coefficient (Wildman–Crippen LogP) is 6.27. The minimum atomic E-state index is -0.360. The molecular weight excluding hydrogens is 457 g/mol. The number of hydrogen-bond acceptors (Lipinski definition) is 5. The molecule has 4 rings (SSSR count). The molecule has 2 heterocycles. The maximum atomic E-state index is 13.4. The van der Waals surface area contributed by atoms with Crippen LogP contribution < -0.4 is 9.80 Å². The quantitative estimate of drug-likeness (QED) is 0.295. The van der Waals surface area contributed by atoms with Crippen LogP contribution in [0.4, 0.5) is 20.9 Å². The first-order chi connectivity index (χ1) is 16.0. The second-order valence-electron chi connectivity index (χ2n) is 7.06. The van der Waals surface area contributed by atoms with Gasteiger partial charge in [0, 0.05) is 28.9 Å². The molecule has 0 fully saturated rings. The van der Waals surface area contributed by atoms with Crippen molar-refractivity contribution in [1.82, 2.24) is 4.98 Å². The highest BCUT2D eigenvalue weighted by molar-refractivity contribution is 7.14. The number of carbonyl (C=O) groups excluding carboxylic acids is 2. The Morgan fingerprint density at radius 1 is 0.970 bits per heavy atom. The Balaban J connectivity index is 1.55. The second kappa shape index (κ2) is 10.3. The van der Waals surface area contributed by atoms with Crippen LogP contribution in [0.15, 0.2) is 83.6 Å². The van der Waals surface area contributed by atoms with E-state index >= 15 is 0 Å². The minimum absolute atomic E-state index is 0.152. The smallest absolute Gasteiger partial charge is 0.251 e. The predicted molar refractivity (Wildman–Crippen MR) is 132 cm³/mol. The van der Waals surface area contributed by atoms with Gasteiger partial charge in [-0.3, -0.25) is 14.5 Å². The van der Waals surface area contributed by atoms with Crippen LogP contribution in [0, 0.1) is 5.82 Å². The van der Waals surface area contributed by atoms with Gasteiger partial charge in [-0.1, -0.05) is 24.3 Å². The maximum Gasteiger partial charge on any atom is 0.251 e. The third kappa shape index (κ3) is 5.60. The molecule has 5 nitrogen and oxygen atoms in total. The summed E-state index contributed by atoms with van der Waals surface area (Å²) < 4.78 is 13.4. The average molecular weight is 478 g/mol. The molecule has 0 aliphatic carbocycles. The molecule has 0 radical (unpaired) electrons. The Bertz CT molecular complexity index is 1250. The van der Waals surface area contributed by atoms with E-state index in [1.54, 1.807) is 39.8 Å². The summed E-state index contributed by atoms with van der Waals surface area (Å²) in [5, 5.41) is 4.26. The van der Waals surface area contributed by atoms with Gasteiger partial charge in [-0.25, -0.2) is 9.37 Å². The van der Waals surface area contributed by atoms with E-state index in [1.807, 2.05) is 47.8 Å². The summed E-state index contributed by atoms with van der Waals surface area (Å²) in [4.78, 5) is 33.9. The maximum absolute atomic E-state index is 13.4. The third-order valence-corrected chi connectivity index (χ3v) is 6.43. The van der Waals surface area contributed by atoms with Crippen LogP contribution in [0.3, 0.4) is 0 Å². The molecule has 0 saturated carbocycles. The molecular formula is C25H20FN3O2S2. The Hall–Kier alpha value is -3.62. The lowest BCUT2D eigenvalue weighted by molar-refractivity contribution is -0.116. The van der Waals surface area contributed by atoms with Gasteiger partial charge in [-0.2, -0.15) is 0 Å². The highest BCUT2D eigenvalue weighted by Gasteiger charge is 2.18. The van der Waals surface area contributed by atoms with Crippen LogP contribution in [-0.2, 0) is 16.1 Å². The molecule has 0 aliphatic rings. The second-order valence-corrected chi connectivity index (χ2v) is 8.93. The molecule has 2 amide bonds. The van der Waals surface area contributed by atoms with Crippen molar-refractivity contribution in [1.29, 1.82) is 0 Å². The van der Waals surface area contributed by atoms with Gasteiger partial charge in [-0.05, 0) is 53.9 Å². The number of thiazole rings is 1. The highest BCUT2D eigenvalue weighted by Crippen LogP contribution is 2.29. The molecule has 0 saturated heterocycles. The Labute approximate surface area is 199 Å². The van der Waals surface area contributed by atoms with Gasteiger partial charge in [0.15, 0.2) is 5.13 Å². The van der Waals surface area contributed by atoms with E-state index in [1.165, 1.54) is 41.4 Å². The molecule has 0 N–H and O–H groups in total. The Morgan fingerprint density at radius 3 is 2.39 bits per heavy atom. The number of aromatic nitrogens is 1. The van der Waals surface area contributed by atoms with Gasteiger partial charge >= 0.3 is 0 Å². The number of hydrogen-bond donors (Lipinski definition) is 0. The summed E-state index contributed by atoms with van der Waals surface area (Å²) in [6.45, 7) is 1.86. The molecule has 0 unspecified atom stereocenters. The number of halogens is 1. The van der Waals surface area contributed by atoms with Gasteiger partial charge in [0.25, 0.3) is 5.91 Å². The van der Waals surface area contributed by atoms with E-state index in [9.17, 15) is 14.0 Å². The SMILES string of the molecule is CC(=O)N(c1ccccc1)c1nc(C=CC(=O)N(Cc2cccs2)c2ccc(F)cc2)cs1. The summed E-state index contributed by atoms with van der Waals surface area (Å²) in [7, 11) is 0. The van der Waals surface area contributed by atoms with E-state index in [4.69, 9.17) is 0 Å². The third-order valence-electron chi connectivity index (χ3n) is 4.73. The zero-order valence-corrected chi connectivity index (χ0v) is 19.4. The van der Waals surface area contributed by atoms with Crippen LogP contribution in [0.2, 0.25) is 0 Å². The zero-order chi connectivity index (χ0) is 23.2. The van der Waals surface area contributed by atoms with Crippen molar-refractivity contribution in [2.75, 3.05) is 9.80 Å². The van der Waals surface area contributed by atoms with Crippen molar-refractivity contribution >= 4 is 57.1 Å². The molecule has 8 heteroatoms. The molecule has 0 aliphatic heterocycles. The molecule has 0 spiro atoms. The number of anilines is 3. The average Bonchev–Trinajstić information content (AvgIpc) is 3.50. The first-order valence-electron chi connectivity index (χ1n) is 10.1. The van der Waals surface area contributed by atoms with E-state index in [0.717, 1.165) is 10.6 Å². The zero-order valence-electron chi connectivity index (χ0n) is 17.7. The molecule has 0 bridgehead atoms. The summed E-state index contributed by atoms with van der Waals surface area (Å²) in [6.07, 6.45) is 3.06. The molecule has 166 valence electrons. The van der Waals surface area contributed by atoms with E-state index < -0.39 is 0 Å². The van der Waals surface area contributed by atoms with E-state index in [0.29, 0.717) is 23.1 Å². The van der Waals surface area contributed by atoms with Crippen molar-refractivity contribution in [2.24, 2.45) is 0 Å². The lowest BCUT2D eigenvalue weighted by Crippen LogP contribution is -2.28. The lowest BCUT2D eigenvalue weighted by atomic mass is 10.2. The standard InChI is InChI=1S/C25H20FN3O2S2/c1-18(30)29(22-6-3-2-4-7-22)25-27-20(17-33-25)11-14-24(31)28(16-23-8-5-15-32-23)21-12-9-19(26)10-13-21/h2-15,17H,16H2,1H3. The van der Waals surface area contributed by atoms with Crippen LogP contribution >= 0.6 is 22.7 Å². The lowest BCUT2D eigenvalue weighted by Gasteiger charge is -2.20. The number of nitrogens with zero attached hydrogens (tertiary/aromatic N) is 3. The first-order valence-corrected chi connectivity index (χ1v) is 11.9. The minimum Gasteiger partial charge on any atom is -0.304 e. The number of rotatable bonds is 7. The van der Waals surface area contributed by atoms with Gasteiger partial charge in [0.05, 0.1) is 17.9 Å². The number of carbonyl (C=O) groups is 2. The van der Waals surface area contributed by atoms with Gasteiger partial charge in [0.1, 0.15) is 5.82 Å². The number of thiophene rings is 1. The summed E-state index contributed by atoms with van der Waals surface area (Å²) in [5.41, 5.74) is 1.90. The van der Waals surface area contributed by atoms with Crippen LogP contribution in [0.5, 0.6) is 0 Å². The molecule has 4 aromatic rings. The number of amides is 2. The first kappa shape index (κ1) is 22.6. The van der Waals surface area contributed by atoms with Crippen molar-refractivity contribution in [2.45, 2.75) is 13.5 Å². The van der Waals surface area contributed by atoms with Crippen LogP contribution in [0.1, 0.15) is 17.5 Å². The number of para-hydroxylation sites is 1. The monoisotopic (exact) mass is 477 g/mol. The van der Waals surface area contributed by atoms with Crippen molar-refractivity contribution in [3.63, 3.8) is 0 Å². The summed E-state index contributed by atoms with van der Waals surface area (Å²) in [6, 6.07) is 19.0. The van der Waals surface area contributed by atoms with E-state index in [-0.39, 0.29) is 17.6 Å². The largest absolute Gasteiger partial charge is 0.304 e. The molecule has 33 heavy (non-hydrogen) atoms. The Kier molecular flexibility index (Phi) is 7.07. The van der Waals surface area contributed by atoms with Crippen molar-refractivity contribution in [3.05, 3.63) is 100.0 Å².